The zero-order valence-electron chi connectivity index (χ0n) is 7.53. The molecule has 0 saturated heterocycles. The number of carbonyl (C=O) groups is 1. The summed E-state index contributed by atoms with van der Waals surface area (Å²) in [5.41, 5.74) is 1.93. The molecule has 66 valence electrons. The van der Waals surface area contributed by atoms with Crippen LogP contribution in [0.25, 0.3) is 0 Å². The Morgan fingerprint density at radius 1 is 1.58 bits per heavy atom. The number of nitrogens with zero attached hydrogens (tertiary/aromatic N) is 1. The molecule has 0 aliphatic carbocycles. The van der Waals surface area contributed by atoms with Gasteiger partial charge in [-0.05, 0) is 25.0 Å². The van der Waals surface area contributed by atoms with Gasteiger partial charge in [0.05, 0.1) is 5.92 Å². The normalized spacial score (nSPS) is 12.9. The standard InChI is InChI=1S/C9H13NO2/c1-6-4-10(3)5-8(6)7(2)9(11)12/h4-5,7H,1-3H3,(H,11,12). The molecular weight excluding hydrogens is 154 g/mol. The lowest BCUT2D eigenvalue weighted by molar-refractivity contribution is -0.138. The molecule has 1 heterocycles. The highest BCUT2D eigenvalue weighted by Gasteiger charge is 2.16. The number of aryl methyl sites for hydroxylation is 2. The van der Waals surface area contributed by atoms with E-state index in [0.29, 0.717) is 0 Å². The Balaban J connectivity index is 3.02. The van der Waals surface area contributed by atoms with Crippen LogP contribution in [0.4, 0.5) is 0 Å². The first-order valence-corrected chi connectivity index (χ1v) is 3.87. The predicted molar refractivity (Wildman–Crippen MR) is 46.2 cm³/mol. The molecule has 0 amide bonds. The zero-order chi connectivity index (χ0) is 9.30. The number of aromatic nitrogens is 1. The Hall–Kier alpha value is -1.25. The Kier molecular flexibility index (Phi) is 2.22. The van der Waals surface area contributed by atoms with Gasteiger partial charge in [-0.2, -0.15) is 0 Å². The minimum absolute atomic E-state index is 0.411. The SMILES string of the molecule is Cc1cn(C)cc1C(C)C(=O)O. The molecule has 0 aliphatic heterocycles. The summed E-state index contributed by atoms with van der Waals surface area (Å²) in [6, 6.07) is 0. The lowest BCUT2D eigenvalue weighted by Gasteiger charge is -2.03. The molecule has 12 heavy (non-hydrogen) atoms. The quantitative estimate of drug-likeness (QED) is 0.725. The summed E-state index contributed by atoms with van der Waals surface area (Å²) in [4.78, 5) is 10.7. The lowest BCUT2D eigenvalue weighted by Crippen LogP contribution is -2.07. The van der Waals surface area contributed by atoms with Gasteiger partial charge in [0.1, 0.15) is 0 Å². The Labute approximate surface area is 71.6 Å². The van der Waals surface area contributed by atoms with Gasteiger partial charge in [0.25, 0.3) is 0 Å². The number of rotatable bonds is 2. The summed E-state index contributed by atoms with van der Waals surface area (Å²) in [7, 11) is 1.89. The Bertz CT molecular complexity index is 301. The van der Waals surface area contributed by atoms with Crippen LogP contribution in [0.15, 0.2) is 12.4 Å². The second-order valence-electron chi connectivity index (χ2n) is 3.12. The van der Waals surface area contributed by atoms with E-state index in [0.717, 1.165) is 11.1 Å². The van der Waals surface area contributed by atoms with Crippen LogP contribution in [-0.4, -0.2) is 15.6 Å². The Morgan fingerprint density at radius 3 is 2.50 bits per heavy atom. The largest absolute Gasteiger partial charge is 0.481 e. The van der Waals surface area contributed by atoms with Crippen LogP contribution in [0.1, 0.15) is 24.0 Å². The smallest absolute Gasteiger partial charge is 0.310 e. The number of carboxylic acid groups (broad SMARTS) is 1. The highest BCUT2D eigenvalue weighted by molar-refractivity contribution is 5.75. The summed E-state index contributed by atoms with van der Waals surface area (Å²) in [6.07, 6.45) is 3.78. The molecule has 1 aromatic heterocycles. The van der Waals surface area contributed by atoms with Gasteiger partial charge in [-0.25, -0.2) is 0 Å². The third kappa shape index (κ3) is 1.49. The van der Waals surface area contributed by atoms with Gasteiger partial charge < -0.3 is 9.67 Å². The van der Waals surface area contributed by atoms with Gasteiger partial charge >= 0.3 is 5.97 Å². The predicted octanol–water partition coefficient (Wildman–Crippen LogP) is 1.52. The molecule has 0 aliphatic rings. The average molecular weight is 167 g/mol. The number of hydrogen-bond donors (Lipinski definition) is 1. The summed E-state index contributed by atoms with van der Waals surface area (Å²) >= 11 is 0. The van der Waals surface area contributed by atoms with Crippen LogP contribution in [-0.2, 0) is 11.8 Å². The van der Waals surface area contributed by atoms with Crippen molar-refractivity contribution < 1.29 is 9.90 Å². The van der Waals surface area contributed by atoms with Gasteiger partial charge in [0.2, 0.25) is 0 Å². The van der Waals surface area contributed by atoms with Crippen molar-refractivity contribution >= 4 is 5.97 Å². The van der Waals surface area contributed by atoms with Gasteiger partial charge in [-0.3, -0.25) is 4.79 Å². The molecule has 1 unspecified atom stereocenters. The van der Waals surface area contributed by atoms with Crippen molar-refractivity contribution in [1.29, 1.82) is 0 Å². The molecule has 1 atom stereocenters. The number of hydrogen-bond acceptors (Lipinski definition) is 1. The molecule has 0 aromatic carbocycles. The van der Waals surface area contributed by atoms with Crippen LogP contribution < -0.4 is 0 Å². The van der Waals surface area contributed by atoms with Crippen molar-refractivity contribution in [1.82, 2.24) is 4.57 Å². The molecule has 3 heteroatoms. The van der Waals surface area contributed by atoms with Gasteiger partial charge in [-0.15, -0.1) is 0 Å². The molecule has 3 nitrogen and oxygen atoms in total. The topological polar surface area (TPSA) is 42.2 Å². The van der Waals surface area contributed by atoms with E-state index in [-0.39, 0.29) is 0 Å². The maximum atomic E-state index is 10.7. The lowest BCUT2D eigenvalue weighted by atomic mass is 10.0. The monoisotopic (exact) mass is 167 g/mol. The van der Waals surface area contributed by atoms with E-state index in [1.807, 2.05) is 30.9 Å². The first-order chi connectivity index (χ1) is 5.52. The molecule has 1 N–H and O–H groups in total. The molecule has 1 rings (SSSR count). The van der Waals surface area contributed by atoms with Crippen molar-refractivity contribution in [2.45, 2.75) is 19.8 Å². The second-order valence-corrected chi connectivity index (χ2v) is 3.12. The zero-order valence-corrected chi connectivity index (χ0v) is 7.53. The minimum Gasteiger partial charge on any atom is -0.481 e. The highest BCUT2D eigenvalue weighted by atomic mass is 16.4. The Morgan fingerprint density at radius 2 is 2.17 bits per heavy atom. The molecule has 0 fully saturated rings. The van der Waals surface area contributed by atoms with Crippen molar-refractivity contribution in [3.8, 4) is 0 Å². The maximum absolute atomic E-state index is 10.7. The summed E-state index contributed by atoms with van der Waals surface area (Å²) in [5, 5.41) is 8.76. The van der Waals surface area contributed by atoms with E-state index in [1.165, 1.54) is 0 Å². The van der Waals surface area contributed by atoms with Crippen molar-refractivity contribution in [3.05, 3.63) is 23.5 Å². The minimum atomic E-state index is -0.774. The molecule has 0 radical (unpaired) electrons. The first kappa shape index (κ1) is 8.84. The van der Waals surface area contributed by atoms with Crippen LogP contribution >= 0.6 is 0 Å². The van der Waals surface area contributed by atoms with E-state index in [1.54, 1.807) is 6.92 Å². The van der Waals surface area contributed by atoms with Crippen LogP contribution in [0, 0.1) is 6.92 Å². The first-order valence-electron chi connectivity index (χ1n) is 3.87. The second kappa shape index (κ2) is 3.01. The third-order valence-electron chi connectivity index (χ3n) is 2.03. The van der Waals surface area contributed by atoms with Gasteiger partial charge in [-0.1, -0.05) is 0 Å². The fourth-order valence-electron chi connectivity index (χ4n) is 1.32. The van der Waals surface area contributed by atoms with Crippen LogP contribution in [0.5, 0.6) is 0 Å². The van der Waals surface area contributed by atoms with E-state index in [4.69, 9.17) is 5.11 Å². The van der Waals surface area contributed by atoms with Gasteiger partial charge in [0, 0.05) is 19.4 Å². The fourth-order valence-corrected chi connectivity index (χ4v) is 1.32. The van der Waals surface area contributed by atoms with Crippen LogP contribution in [0.2, 0.25) is 0 Å². The van der Waals surface area contributed by atoms with E-state index >= 15 is 0 Å². The summed E-state index contributed by atoms with van der Waals surface area (Å²) in [6.45, 7) is 3.62. The van der Waals surface area contributed by atoms with Gasteiger partial charge in [0.15, 0.2) is 0 Å². The number of aliphatic carboxylic acids is 1. The third-order valence-corrected chi connectivity index (χ3v) is 2.03. The van der Waals surface area contributed by atoms with Crippen molar-refractivity contribution in [3.63, 3.8) is 0 Å². The average Bonchev–Trinajstić information content (AvgIpc) is 2.28. The van der Waals surface area contributed by atoms with Crippen LogP contribution in [0.3, 0.4) is 0 Å². The molecule has 0 saturated carbocycles. The van der Waals surface area contributed by atoms with E-state index < -0.39 is 11.9 Å². The van der Waals surface area contributed by atoms with E-state index in [2.05, 4.69) is 0 Å². The van der Waals surface area contributed by atoms with Crippen molar-refractivity contribution in [2.24, 2.45) is 7.05 Å². The molecule has 1 aromatic rings. The van der Waals surface area contributed by atoms with Crippen molar-refractivity contribution in [2.75, 3.05) is 0 Å². The highest BCUT2D eigenvalue weighted by Crippen LogP contribution is 2.19. The summed E-state index contributed by atoms with van der Waals surface area (Å²) in [5.74, 6) is -1.18. The summed E-state index contributed by atoms with van der Waals surface area (Å²) < 4.78 is 1.88. The molecule has 0 spiro atoms. The number of carboxylic acids is 1. The molecular formula is C9H13NO2. The molecule has 0 bridgehead atoms. The van der Waals surface area contributed by atoms with E-state index in [9.17, 15) is 4.79 Å². The fraction of sp³-hybridized carbons (Fsp3) is 0.444. The maximum Gasteiger partial charge on any atom is 0.310 e.